The van der Waals surface area contributed by atoms with Crippen LogP contribution in [0.4, 0.5) is 10.3 Å². The number of oxime groups is 1. The van der Waals surface area contributed by atoms with Crippen molar-refractivity contribution in [2.75, 3.05) is 31.0 Å². The van der Waals surface area contributed by atoms with Gasteiger partial charge in [-0.05, 0) is 0 Å². The highest BCUT2D eigenvalue weighted by Gasteiger charge is 2.56. The van der Waals surface area contributed by atoms with Gasteiger partial charge in [0.1, 0.15) is 19.0 Å². The molecule has 0 bridgehead atoms. The molecule has 180 valence electrons. The van der Waals surface area contributed by atoms with Crippen LogP contribution in [0.2, 0.25) is 0 Å². The number of thiazole rings is 1. The Bertz CT molecular complexity index is 1200. The fourth-order valence-corrected chi connectivity index (χ4v) is 7.62. The van der Waals surface area contributed by atoms with E-state index in [0.717, 1.165) is 17.6 Å². The SMILES string of the molecule is CNc1nnc(SCC2=C(C(=O)O)N3C(=O)C[C@@H]3SC2(NC(=O)C=NOC)c2csc(N)n2)s1. The van der Waals surface area contributed by atoms with Gasteiger partial charge in [-0.25, -0.2) is 9.78 Å². The number of anilines is 2. The number of amides is 2. The predicted molar refractivity (Wildman–Crippen MR) is 130 cm³/mol. The van der Waals surface area contributed by atoms with Gasteiger partial charge in [0.05, 0.1) is 17.5 Å². The molecule has 0 aliphatic carbocycles. The van der Waals surface area contributed by atoms with Gasteiger partial charge in [-0.1, -0.05) is 40.0 Å². The van der Waals surface area contributed by atoms with Crippen LogP contribution < -0.4 is 16.4 Å². The maximum Gasteiger partial charge on any atom is 0.352 e. The second-order valence-electron chi connectivity index (χ2n) is 6.74. The Kier molecular flexibility index (Phi) is 6.96. The molecule has 2 atom stereocenters. The van der Waals surface area contributed by atoms with Crippen LogP contribution in [0.3, 0.4) is 0 Å². The average Bonchev–Trinajstić information content (AvgIpc) is 3.44. The van der Waals surface area contributed by atoms with Crippen LogP contribution in [0, 0.1) is 0 Å². The van der Waals surface area contributed by atoms with Crippen LogP contribution in [0.15, 0.2) is 26.1 Å². The summed E-state index contributed by atoms with van der Waals surface area (Å²) < 4.78 is 0.572. The summed E-state index contributed by atoms with van der Waals surface area (Å²) in [6, 6.07) is 0. The first-order valence-corrected chi connectivity index (χ1v) is 13.1. The van der Waals surface area contributed by atoms with Crippen molar-refractivity contribution in [3.63, 3.8) is 0 Å². The van der Waals surface area contributed by atoms with Crippen molar-refractivity contribution in [2.24, 2.45) is 5.16 Å². The van der Waals surface area contributed by atoms with E-state index in [1.807, 2.05) is 0 Å². The maximum atomic E-state index is 12.8. The zero-order valence-electron chi connectivity index (χ0n) is 17.7. The molecule has 1 unspecified atom stereocenters. The Morgan fingerprint density at radius 3 is 2.88 bits per heavy atom. The molecular formula is C17H18N8O5S4. The van der Waals surface area contributed by atoms with Crippen LogP contribution in [0.25, 0.3) is 0 Å². The van der Waals surface area contributed by atoms with Gasteiger partial charge in [-0.3, -0.25) is 14.5 Å². The van der Waals surface area contributed by atoms with Gasteiger partial charge in [0.15, 0.2) is 14.3 Å². The summed E-state index contributed by atoms with van der Waals surface area (Å²) in [7, 11) is 3.00. The standard InChI is InChI=1S/C17H18N8O5S4/c1-19-15-23-24-16(33-15)32-5-7-12(13(28)29)25-10(27)3-11(25)34-17(7,8-6-31-14(18)21-8)22-9(26)4-20-30-2/h4,6,11H,3,5H2,1-2H3,(H2,18,21)(H,19,23)(H,22,26)(H,28,29)/t11-,17?/m0/s1. The minimum absolute atomic E-state index is 0.0720. The molecule has 2 amide bonds. The number of hydrogen-bond donors (Lipinski definition) is 4. The fourth-order valence-electron chi connectivity index (χ4n) is 3.38. The largest absolute Gasteiger partial charge is 0.477 e. The van der Waals surface area contributed by atoms with E-state index in [0.29, 0.717) is 15.2 Å². The Hall–Kier alpha value is -2.89. The Labute approximate surface area is 209 Å². The van der Waals surface area contributed by atoms with E-state index in [1.54, 1.807) is 12.4 Å². The van der Waals surface area contributed by atoms with Crippen LogP contribution in [0.1, 0.15) is 12.1 Å². The smallest absolute Gasteiger partial charge is 0.352 e. The lowest BCUT2D eigenvalue weighted by atomic mass is 9.98. The fraction of sp³-hybridized carbons (Fsp3) is 0.353. The molecule has 0 aromatic carbocycles. The number of rotatable bonds is 9. The van der Waals surface area contributed by atoms with Crippen LogP contribution >= 0.6 is 46.2 Å². The van der Waals surface area contributed by atoms with Gasteiger partial charge in [0.2, 0.25) is 11.0 Å². The average molecular weight is 543 g/mol. The maximum absolute atomic E-state index is 12.8. The first kappa shape index (κ1) is 24.2. The Morgan fingerprint density at radius 2 is 2.29 bits per heavy atom. The lowest BCUT2D eigenvalue weighted by Crippen LogP contribution is -2.61. The van der Waals surface area contributed by atoms with Gasteiger partial charge in [-0.15, -0.1) is 21.5 Å². The van der Waals surface area contributed by atoms with E-state index in [-0.39, 0.29) is 34.5 Å². The van der Waals surface area contributed by atoms with Crippen molar-refractivity contribution in [2.45, 2.75) is 21.0 Å². The molecule has 5 N–H and O–H groups in total. The number of nitrogens with two attached hydrogens (primary N) is 1. The summed E-state index contributed by atoms with van der Waals surface area (Å²) in [6.45, 7) is 0. The normalized spacial score (nSPS) is 21.9. The number of carbonyl (C=O) groups is 3. The number of aromatic nitrogens is 3. The van der Waals surface area contributed by atoms with Crippen molar-refractivity contribution in [3.8, 4) is 0 Å². The predicted octanol–water partition coefficient (Wildman–Crippen LogP) is 0.956. The highest BCUT2D eigenvalue weighted by molar-refractivity contribution is 8.02. The number of fused-ring (bicyclic) bond motifs is 1. The van der Waals surface area contributed by atoms with E-state index in [1.165, 1.54) is 46.9 Å². The third kappa shape index (κ3) is 4.42. The lowest BCUT2D eigenvalue weighted by Gasteiger charge is -2.51. The van der Waals surface area contributed by atoms with E-state index >= 15 is 0 Å². The summed E-state index contributed by atoms with van der Waals surface area (Å²) in [5.41, 5.74) is 6.29. The van der Waals surface area contributed by atoms with E-state index in [2.05, 4.69) is 35.8 Å². The van der Waals surface area contributed by atoms with Crippen molar-refractivity contribution in [3.05, 3.63) is 22.3 Å². The number of thioether (sulfide) groups is 2. The quantitative estimate of drug-likeness (QED) is 0.152. The zero-order valence-corrected chi connectivity index (χ0v) is 20.9. The van der Waals surface area contributed by atoms with Gasteiger partial charge in [0.25, 0.3) is 5.91 Å². The molecule has 2 aliphatic heterocycles. The molecule has 34 heavy (non-hydrogen) atoms. The first-order chi connectivity index (χ1) is 16.3. The van der Waals surface area contributed by atoms with E-state index in [4.69, 9.17) is 5.73 Å². The molecule has 1 fully saturated rings. The Morgan fingerprint density at radius 1 is 1.50 bits per heavy atom. The van der Waals surface area contributed by atoms with Crippen LogP contribution in [0.5, 0.6) is 0 Å². The third-order valence-electron chi connectivity index (χ3n) is 4.79. The second-order valence-corrected chi connectivity index (χ2v) is 11.2. The molecule has 0 radical (unpaired) electrons. The molecule has 2 aromatic rings. The number of nitrogens with one attached hydrogen (secondary N) is 2. The third-order valence-corrected chi connectivity index (χ3v) is 9.13. The molecule has 17 heteroatoms. The minimum Gasteiger partial charge on any atom is -0.477 e. The topological polar surface area (TPSA) is 185 Å². The zero-order chi connectivity index (χ0) is 24.5. The number of nitrogen functional groups attached to an aromatic ring is 1. The summed E-state index contributed by atoms with van der Waals surface area (Å²) in [5.74, 6) is -2.18. The van der Waals surface area contributed by atoms with Crippen molar-refractivity contribution in [1.29, 1.82) is 0 Å². The number of hydrogen-bond acceptors (Lipinski definition) is 14. The number of carbonyl (C=O) groups excluding carboxylic acids is 2. The van der Waals surface area contributed by atoms with Gasteiger partial charge in [0, 0.05) is 23.8 Å². The number of carboxylic acids is 1. The molecule has 1 saturated heterocycles. The number of nitrogens with zero attached hydrogens (tertiary/aromatic N) is 5. The molecule has 13 nitrogen and oxygen atoms in total. The molecule has 0 spiro atoms. The number of carboxylic acid groups (broad SMARTS) is 1. The summed E-state index contributed by atoms with van der Waals surface area (Å²) in [6.07, 6.45) is 1.05. The summed E-state index contributed by atoms with van der Waals surface area (Å²) in [5, 5.41) is 29.4. The lowest BCUT2D eigenvalue weighted by molar-refractivity contribution is -0.146. The molecular weight excluding hydrogens is 525 g/mol. The van der Waals surface area contributed by atoms with Crippen molar-refractivity contribution < 1.29 is 24.3 Å². The molecule has 4 heterocycles. The van der Waals surface area contributed by atoms with E-state index in [9.17, 15) is 19.5 Å². The number of β-lactam (4-membered cyclic amide) rings is 1. The second kappa shape index (κ2) is 9.77. The molecule has 0 saturated carbocycles. The van der Waals surface area contributed by atoms with Crippen molar-refractivity contribution in [1.82, 2.24) is 25.4 Å². The minimum atomic E-state index is -1.43. The Balaban J connectivity index is 1.85. The molecule has 4 rings (SSSR count). The highest BCUT2D eigenvalue weighted by Crippen LogP contribution is 2.55. The van der Waals surface area contributed by atoms with Gasteiger partial charge in [-0.2, -0.15) is 0 Å². The van der Waals surface area contributed by atoms with Crippen molar-refractivity contribution >= 4 is 80.5 Å². The highest BCUT2D eigenvalue weighted by atomic mass is 32.2. The first-order valence-electron chi connectivity index (χ1n) is 9.50. The number of aliphatic carboxylic acids is 1. The summed E-state index contributed by atoms with van der Waals surface area (Å²) >= 11 is 4.88. The van der Waals surface area contributed by atoms with E-state index < -0.39 is 22.1 Å². The molecule has 2 aliphatic rings. The monoisotopic (exact) mass is 542 g/mol. The van der Waals surface area contributed by atoms with Crippen LogP contribution in [-0.4, -0.2) is 74.5 Å². The summed E-state index contributed by atoms with van der Waals surface area (Å²) in [4.78, 5) is 46.4. The van der Waals surface area contributed by atoms with Gasteiger partial charge >= 0.3 is 5.97 Å². The van der Waals surface area contributed by atoms with Crippen LogP contribution in [-0.2, 0) is 24.1 Å². The van der Waals surface area contributed by atoms with Gasteiger partial charge < -0.3 is 26.3 Å². The molecule has 2 aromatic heterocycles.